The van der Waals surface area contributed by atoms with Gasteiger partial charge in [-0.25, -0.2) is 4.98 Å². The van der Waals surface area contributed by atoms with E-state index >= 15 is 0 Å². The molecule has 5 heteroatoms. The second kappa shape index (κ2) is 9.53. The average molecular weight is 406 g/mol. The van der Waals surface area contributed by atoms with E-state index in [1.54, 1.807) is 17.9 Å². The molecule has 0 spiro atoms. The smallest absolute Gasteiger partial charge is 0.228 e. The van der Waals surface area contributed by atoms with Gasteiger partial charge in [-0.1, -0.05) is 67.9 Å². The first-order chi connectivity index (χ1) is 14.3. The summed E-state index contributed by atoms with van der Waals surface area (Å²) in [5.41, 5.74) is 1.41. The van der Waals surface area contributed by atoms with E-state index in [0.29, 0.717) is 36.2 Å². The topological polar surface area (TPSA) is 55.3 Å². The Morgan fingerprint density at radius 2 is 1.60 bits per heavy atom. The summed E-state index contributed by atoms with van der Waals surface area (Å²) < 4.78 is 5.79. The van der Waals surface area contributed by atoms with Crippen LogP contribution in [-0.4, -0.2) is 22.4 Å². The molecule has 0 radical (unpaired) electrons. The summed E-state index contributed by atoms with van der Waals surface area (Å²) in [5, 5.41) is 0. The predicted molar refractivity (Wildman–Crippen MR) is 122 cm³/mol. The molecule has 0 bridgehead atoms. The number of anilines is 1. The van der Waals surface area contributed by atoms with Crippen LogP contribution in [0, 0.1) is 19.3 Å². The van der Waals surface area contributed by atoms with Gasteiger partial charge >= 0.3 is 0 Å². The molecule has 1 aliphatic rings. The maximum absolute atomic E-state index is 12.3. The van der Waals surface area contributed by atoms with Gasteiger partial charge in [-0.2, -0.15) is 4.98 Å². The van der Waals surface area contributed by atoms with Gasteiger partial charge in [-0.15, -0.1) is 0 Å². The minimum absolute atomic E-state index is 0. The van der Waals surface area contributed by atoms with Gasteiger partial charge < -0.3 is 4.74 Å². The molecule has 1 saturated heterocycles. The fourth-order valence-corrected chi connectivity index (χ4v) is 3.24. The number of rotatable bonds is 3. The molecule has 1 aromatic heterocycles. The summed E-state index contributed by atoms with van der Waals surface area (Å²) in [6, 6.07) is 21.5. The van der Waals surface area contributed by atoms with Gasteiger partial charge in [-0.05, 0) is 37.8 Å². The van der Waals surface area contributed by atoms with Crippen LogP contribution in [0.4, 0.5) is 5.82 Å². The number of amides is 1. The number of hydrogen-bond donors (Lipinski definition) is 0. The third kappa shape index (κ3) is 6.14. The van der Waals surface area contributed by atoms with Crippen LogP contribution in [0.15, 0.2) is 66.7 Å². The van der Waals surface area contributed by atoms with Crippen molar-refractivity contribution < 1.29 is 11.0 Å². The van der Waals surface area contributed by atoms with E-state index in [9.17, 15) is 4.79 Å². The molecule has 30 heavy (non-hydrogen) atoms. The van der Waals surface area contributed by atoms with Crippen LogP contribution in [0.3, 0.4) is 0 Å². The lowest BCUT2D eigenvalue weighted by molar-refractivity contribution is -0.121. The van der Waals surface area contributed by atoms with Crippen molar-refractivity contribution in [1.82, 2.24) is 9.97 Å². The van der Waals surface area contributed by atoms with Crippen molar-refractivity contribution in [3.8, 4) is 11.6 Å². The zero-order chi connectivity index (χ0) is 21.6. The Morgan fingerprint density at radius 3 is 2.20 bits per heavy atom. The van der Waals surface area contributed by atoms with Crippen LogP contribution in [0.5, 0.6) is 11.6 Å². The molecule has 5 nitrogen and oxygen atoms in total. The van der Waals surface area contributed by atoms with Gasteiger partial charge in [0.15, 0.2) is 0 Å². The predicted octanol–water partition coefficient (Wildman–Crippen LogP) is 5.97. The van der Waals surface area contributed by atoms with Crippen LogP contribution < -0.4 is 9.64 Å². The molecule has 2 aromatic carbocycles. The van der Waals surface area contributed by atoms with E-state index in [1.807, 2.05) is 48.5 Å². The maximum Gasteiger partial charge on any atom is 0.228 e. The highest BCUT2D eigenvalue weighted by Gasteiger charge is 2.33. The number of aromatic nitrogens is 2. The SMILES string of the molecule is Cc1ccccc1.Cc1nc(Oc2ccccc2)cc(N2CC(C)(C)CCC2=O)n1.[HH]. The number of carbonyl (C=O) groups is 1. The van der Waals surface area contributed by atoms with E-state index < -0.39 is 0 Å². The first-order valence-electron chi connectivity index (χ1n) is 10.2. The molecule has 1 amide bonds. The van der Waals surface area contributed by atoms with Crippen LogP contribution in [0.2, 0.25) is 0 Å². The summed E-state index contributed by atoms with van der Waals surface area (Å²) in [6.45, 7) is 8.89. The number of ether oxygens (including phenoxy) is 1. The average Bonchev–Trinajstić information content (AvgIpc) is 2.71. The Balaban J connectivity index is 0.000000364. The van der Waals surface area contributed by atoms with Crippen molar-refractivity contribution in [1.29, 1.82) is 0 Å². The highest BCUT2D eigenvalue weighted by atomic mass is 16.5. The molecule has 2 heterocycles. The molecule has 0 saturated carbocycles. The standard InChI is InChI=1S/C18H21N3O2.C7H8.H2/c1-13-19-15(21-12-18(2,3)10-9-17(21)22)11-16(20-13)23-14-7-5-4-6-8-14;1-7-5-3-2-4-6-7;/h4-8,11H,9-10,12H2,1-3H3;2-6H,1H3;1H. The second-order valence-electron chi connectivity index (χ2n) is 8.33. The van der Waals surface area contributed by atoms with E-state index in [1.165, 1.54) is 5.56 Å². The minimum Gasteiger partial charge on any atom is -0.439 e. The normalized spacial score (nSPS) is 15.2. The Hall–Kier alpha value is -3.21. The van der Waals surface area contributed by atoms with Crippen LogP contribution in [-0.2, 0) is 4.79 Å². The van der Waals surface area contributed by atoms with Gasteiger partial charge in [0.1, 0.15) is 17.4 Å². The van der Waals surface area contributed by atoms with Crippen LogP contribution >= 0.6 is 0 Å². The number of benzene rings is 2. The summed E-state index contributed by atoms with van der Waals surface area (Å²) >= 11 is 0. The quantitative estimate of drug-likeness (QED) is 0.538. The highest BCUT2D eigenvalue weighted by molar-refractivity contribution is 5.93. The molecule has 0 unspecified atom stereocenters. The summed E-state index contributed by atoms with van der Waals surface area (Å²) in [4.78, 5) is 22.8. The molecule has 3 aromatic rings. The zero-order valence-corrected chi connectivity index (χ0v) is 18.1. The molecule has 0 aliphatic carbocycles. The van der Waals surface area contributed by atoms with Gasteiger partial charge in [0, 0.05) is 20.5 Å². The first kappa shape index (κ1) is 21.5. The number of aryl methyl sites for hydroxylation is 2. The van der Waals surface area contributed by atoms with Gasteiger partial charge in [0.2, 0.25) is 11.8 Å². The number of para-hydroxylation sites is 1. The third-order valence-corrected chi connectivity index (χ3v) is 4.89. The summed E-state index contributed by atoms with van der Waals surface area (Å²) in [7, 11) is 0. The molecule has 1 fully saturated rings. The Labute approximate surface area is 180 Å². The van der Waals surface area contributed by atoms with Crippen molar-refractivity contribution in [3.05, 3.63) is 78.1 Å². The van der Waals surface area contributed by atoms with Crippen molar-refractivity contribution in [3.63, 3.8) is 0 Å². The molecule has 158 valence electrons. The highest BCUT2D eigenvalue weighted by Crippen LogP contribution is 2.33. The fourth-order valence-electron chi connectivity index (χ4n) is 3.24. The lowest BCUT2D eigenvalue weighted by atomic mass is 9.84. The second-order valence-corrected chi connectivity index (χ2v) is 8.33. The molecule has 4 rings (SSSR count). The number of piperidine rings is 1. The fraction of sp³-hybridized carbons (Fsp3) is 0.320. The van der Waals surface area contributed by atoms with Crippen molar-refractivity contribution >= 4 is 11.7 Å². The van der Waals surface area contributed by atoms with E-state index in [2.05, 4.69) is 42.9 Å². The lowest BCUT2D eigenvalue weighted by Gasteiger charge is -2.37. The number of hydrogen-bond acceptors (Lipinski definition) is 4. The Kier molecular flexibility index (Phi) is 6.83. The van der Waals surface area contributed by atoms with Crippen molar-refractivity contribution in [2.45, 2.75) is 40.5 Å². The van der Waals surface area contributed by atoms with Crippen LogP contribution in [0.1, 0.15) is 39.5 Å². The lowest BCUT2D eigenvalue weighted by Crippen LogP contribution is -2.44. The van der Waals surface area contributed by atoms with E-state index in [-0.39, 0.29) is 12.7 Å². The monoisotopic (exact) mass is 405 g/mol. The molecule has 0 atom stereocenters. The minimum atomic E-state index is 0. The number of nitrogens with zero attached hydrogens (tertiary/aromatic N) is 3. The molecular weight excluding hydrogens is 374 g/mol. The maximum atomic E-state index is 12.3. The molecule has 1 aliphatic heterocycles. The summed E-state index contributed by atoms with van der Waals surface area (Å²) in [5.74, 6) is 2.47. The Morgan fingerprint density at radius 1 is 0.967 bits per heavy atom. The van der Waals surface area contributed by atoms with E-state index in [0.717, 1.165) is 6.42 Å². The van der Waals surface area contributed by atoms with Crippen molar-refractivity contribution in [2.75, 3.05) is 11.4 Å². The largest absolute Gasteiger partial charge is 0.439 e. The van der Waals surface area contributed by atoms with Gasteiger partial charge in [0.25, 0.3) is 0 Å². The van der Waals surface area contributed by atoms with Crippen LogP contribution in [0.25, 0.3) is 0 Å². The van der Waals surface area contributed by atoms with Gasteiger partial charge in [0.05, 0.1) is 0 Å². The van der Waals surface area contributed by atoms with Gasteiger partial charge in [-0.3, -0.25) is 9.69 Å². The number of carbonyl (C=O) groups excluding carboxylic acids is 1. The summed E-state index contributed by atoms with van der Waals surface area (Å²) in [6.07, 6.45) is 1.45. The molecular formula is C25H31N3O2. The van der Waals surface area contributed by atoms with E-state index in [4.69, 9.17) is 4.74 Å². The molecule has 0 N–H and O–H groups in total. The Bertz CT molecular complexity index is 979. The van der Waals surface area contributed by atoms with Crippen molar-refractivity contribution in [2.24, 2.45) is 5.41 Å². The third-order valence-electron chi connectivity index (χ3n) is 4.89. The zero-order valence-electron chi connectivity index (χ0n) is 18.1. The first-order valence-corrected chi connectivity index (χ1v) is 10.2.